The lowest BCUT2D eigenvalue weighted by molar-refractivity contribution is -0.868. The molecule has 0 aromatic rings. The molecule has 0 aromatic carbocycles. The average molecular weight is 202 g/mol. The highest BCUT2D eigenvalue weighted by molar-refractivity contribution is 5.56. The molecule has 1 atom stereocenters. The van der Waals surface area contributed by atoms with E-state index in [-0.39, 0.29) is 0 Å². The van der Waals surface area contributed by atoms with Crippen LogP contribution in [-0.4, -0.2) is 49.3 Å². The summed E-state index contributed by atoms with van der Waals surface area (Å²) in [5.41, 5.74) is 0. The summed E-state index contributed by atoms with van der Waals surface area (Å²) in [7, 11) is 2.09. The maximum atomic E-state index is 11.9. The van der Waals surface area contributed by atoms with Crippen molar-refractivity contribution in [1.82, 2.24) is 0 Å². The Morgan fingerprint density at radius 2 is 2.00 bits per heavy atom. The summed E-state index contributed by atoms with van der Waals surface area (Å²) >= 11 is 0. The van der Waals surface area contributed by atoms with Gasteiger partial charge in [0.15, 0.2) is 13.3 Å². The van der Waals surface area contributed by atoms with Gasteiger partial charge in [-0.25, -0.2) is 0 Å². The number of ether oxygens (including phenoxy) is 1. The SMILES string of the molecule is COC[N+](C)(CC(F)(F)F)C(=O)O. The molecule has 13 heavy (non-hydrogen) atoms. The van der Waals surface area contributed by atoms with Gasteiger partial charge in [0.05, 0.1) is 7.05 Å². The van der Waals surface area contributed by atoms with Crippen molar-refractivity contribution in [2.24, 2.45) is 0 Å². The van der Waals surface area contributed by atoms with Crippen LogP contribution in [0.25, 0.3) is 0 Å². The zero-order valence-corrected chi connectivity index (χ0v) is 7.26. The van der Waals surface area contributed by atoms with Crippen LogP contribution in [0.15, 0.2) is 0 Å². The first-order valence-corrected chi connectivity index (χ1v) is 3.35. The number of alkyl halides is 3. The molecule has 4 nitrogen and oxygen atoms in total. The number of nitrogens with zero attached hydrogens (tertiary/aromatic N) is 1. The van der Waals surface area contributed by atoms with Crippen molar-refractivity contribution in [2.45, 2.75) is 6.18 Å². The predicted molar refractivity (Wildman–Crippen MR) is 37.0 cm³/mol. The Labute approximate surface area is 73.1 Å². The summed E-state index contributed by atoms with van der Waals surface area (Å²) in [6, 6.07) is 0. The van der Waals surface area contributed by atoms with Gasteiger partial charge in [-0.05, 0) is 0 Å². The van der Waals surface area contributed by atoms with Gasteiger partial charge in [-0.15, -0.1) is 0 Å². The molecule has 0 fully saturated rings. The molecule has 0 saturated heterocycles. The zero-order chi connectivity index (χ0) is 10.7. The van der Waals surface area contributed by atoms with Crippen LogP contribution in [0.2, 0.25) is 0 Å². The highest BCUT2D eigenvalue weighted by Gasteiger charge is 2.44. The van der Waals surface area contributed by atoms with Gasteiger partial charge < -0.3 is 9.84 Å². The summed E-state index contributed by atoms with van der Waals surface area (Å²) in [6.07, 6.45) is -6.09. The van der Waals surface area contributed by atoms with E-state index < -0.39 is 30.0 Å². The molecule has 1 amide bonds. The lowest BCUT2D eigenvalue weighted by atomic mass is 10.5. The molecule has 1 N–H and O–H groups in total. The van der Waals surface area contributed by atoms with Crippen LogP contribution in [0.3, 0.4) is 0 Å². The number of quaternary nitrogens is 1. The molecule has 0 aromatic heterocycles. The zero-order valence-electron chi connectivity index (χ0n) is 7.26. The van der Waals surface area contributed by atoms with Crippen LogP contribution in [0.4, 0.5) is 18.0 Å². The Hall–Kier alpha value is -0.820. The number of hydrogen-bond acceptors (Lipinski definition) is 2. The van der Waals surface area contributed by atoms with Crippen LogP contribution < -0.4 is 0 Å². The van der Waals surface area contributed by atoms with Crippen molar-refractivity contribution in [3.8, 4) is 0 Å². The second-order valence-electron chi connectivity index (χ2n) is 2.87. The number of halogens is 3. The largest absolute Gasteiger partial charge is 0.515 e. The van der Waals surface area contributed by atoms with Gasteiger partial charge in [0.25, 0.3) is 0 Å². The van der Waals surface area contributed by atoms with Crippen LogP contribution in [-0.2, 0) is 4.74 Å². The average Bonchev–Trinajstić information content (AvgIpc) is 1.82. The molecular formula is C6H11F3NO3+. The lowest BCUT2D eigenvalue weighted by Crippen LogP contribution is -2.54. The molecule has 0 heterocycles. The maximum absolute atomic E-state index is 11.9. The second-order valence-corrected chi connectivity index (χ2v) is 2.87. The van der Waals surface area contributed by atoms with E-state index in [0.29, 0.717) is 0 Å². The van der Waals surface area contributed by atoms with Gasteiger partial charge >= 0.3 is 12.3 Å². The minimum absolute atomic E-state index is 0.519. The fourth-order valence-corrected chi connectivity index (χ4v) is 0.849. The van der Waals surface area contributed by atoms with E-state index in [2.05, 4.69) is 4.74 Å². The molecule has 1 unspecified atom stereocenters. The quantitative estimate of drug-likeness (QED) is 0.553. The van der Waals surface area contributed by atoms with Crippen LogP contribution in [0.5, 0.6) is 0 Å². The van der Waals surface area contributed by atoms with Crippen molar-refractivity contribution in [2.75, 3.05) is 27.4 Å². The molecule has 0 spiro atoms. The second kappa shape index (κ2) is 3.93. The third-order valence-corrected chi connectivity index (χ3v) is 1.40. The Morgan fingerprint density at radius 3 is 2.23 bits per heavy atom. The summed E-state index contributed by atoms with van der Waals surface area (Å²) in [5.74, 6) is 0. The molecule has 0 bridgehead atoms. The first-order valence-electron chi connectivity index (χ1n) is 3.35. The van der Waals surface area contributed by atoms with E-state index in [1.54, 1.807) is 0 Å². The van der Waals surface area contributed by atoms with Crippen molar-refractivity contribution < 1.29 is 32.3 Å². The van der Waals surface area contributed by atoms with E-state index in [4.69, 9.17) is 5.11 Å². The Kier molecular flexibility index (Phi) is 3.68. The number of carbonyl (C=O) groups is 1. The smallest absolute Gasteiger partial charge is 0.435 e. The fourth-order valence-electron chi connectivity index (χ4n) is 0.849. The van der Waals surface area contributed by atoms with Gasteiger partial charge in [-0.3, -0.25) is 0 Å². The molecule has 0 rings (SSSR count). The normalized spacial score (nSPS) is 16.7. The van der Waals surface area contributed by atoms with Crippen LogP contribution >= 0.6 is 0 Å². The van der Waals surface area contributed by atoms with E-state index in [0.717, 1.165) is 14.2 Å². The fraction of sp³-hybridized carbons (Fsp3) is 0.833. The predicted octanol–water partition coefficient (Wildman–Crippen LogP) is 1.28. The molecular weight excluding hydrogens is 191 g/mol. The van der Waals surface area contributed by atoms with E-state index in [1.807, 2.05) is 0 Å². The van der Waals surface area contributed by atoms with E-state index >= 15 is 0 Å². The first-order chi connectivity index (χ1) is 5.71. The van der Waals surface area contributed by atoms with E-state index in [9.17, 15) is 18.0 Å². The van der Waals surface area contributed by atoms with Gasteiger partial charge in [-0.2, -0.15) is 22.4 Å². The van der Waals surface area contributed by atoms with Gasteiger partial charge in [0, 0.05) is 7.11 Å². The van der Waals surface area contributed by atoms with E-state index in [1.165, 1.54) is 0 Å². The van der Waals surface area contributed by atoms with Crippen molar-refractivity contribution in [1.29, 1.82) is 0 Å². The standard InChI is InChI=1S/C6H10F3NO3/c1-10(4-13-2,5(11)12)3-6(7,8)9/h3-4H2,1-2H3/p+1. The summed E-state index contributed by atoms with van der Waals surface area (Å²) in [5, 5.41) is 8.52. The Bertz CT molecular complexity index is 194. The molecule has 7 heteroatoms. The van der Waals surface area contributed by atoms with Crippen LogP contribution in [0.1, 0.15) is 0 Å². The number of carboxylic acid groups (broad SMARTS) is 1. The van der Waals surface area contributed by atoms with Gasteiger partial charge in [0.1, 0.15) is 0 Å². The molecule has 0 aliphatic carbocycles. The molecule has 0 saturated carbocycles. The Morgan fingerprint density at radius 1 is 1.54 bits per heavy atom. The molecule has 0 aliphatic rings. The minimum atomic E-state index is -4.52. The van der Waals surface area contributed by atoms with Crippen molar-refractivity contribution in [3.05, 3.63) is 0 Å². The number of hydrogen-bond donors (Lipinski definition) is 1. The summed E-state index contributed by atoms with van der Waals surface area (Å²) < 4.78 is 38.9. The minimum Gasteiger partial charge on any atom is -0.435 e. The topological polar surface area (TPSA) is 46.5 Å². The molecule has 0 radical (unpaired) electrons. The van der Waals surface area contributed by atoms with Gasteiger partial charge in [-0.1, -0.05) is 0 Å². The number of amides is 1. The number of rotatable bonds is 3. The summed E-state index contributed by atoms with van der Waals surface area (Å²) in [6.45, 7) is -1.97. The molecule has 0 aliphatic heterocycles. The maximum Gasteiger partial charge on any atom is 0.515 e. The van der Waals surface area contributed by atoms with Crippen molar-refractivity contribution in [3.63, 3.8) is 0 Å². The third kappa shape index (κ3) is 4.09. The van der Waals surface area contributed by atoms with Crippen LogP contribution in [0, 0.1) is 0 Å². The monoisotopic (exact) mass is 202 g/mol. The lowest BCUT2D eigenvalue weighted by Gasteiger charge is -2.27. The number of methoxy groups -OCH3 is 1. The third-order valence-electron chi connectivity index (χ3n) is 1.40. The molecule has 78 valence electrons. The summed E-state index contributed by atoms with van der Waals surface area (Å²) in [4.78, 5) is 10.5. The first kappa shape index (κ1) is 12.2. The Balaban J connectivity index is 4.51. The highest BCUT2D eigenvalue weighted by atomic mass is 19.4. The van der Waals surface area contributed by atoms with Gasteiger partial charge in [0.2, 0.25) is 0 Å². The van der Waals surface area contributed by atoms with Crippen molar-refractivity contribution >= 4 is 6.09 Å². The highest BCUT2D eigenvalue weighted by Crippen LogP contribution is 2.20.